The molecule has 0 fully saturated rings. The van der Waals surface area contributed by atoms with Crippen LogP contribution in [-0.4, -0.2) is 41.3 Å². The van der Waals surface area contributed by atoms with Crippen LogP contribution in [0.25, 0.3) is 0 Å². The molecule has 8 nitrogen and oxygen atoms in total. The zero-order chi connectivity index (χ0) is 22.3. The minimum absolute atomic E-state index is 0.0368. The number of carbonyl (C=O) groups excluding carboxylic acids is 1. The van der Waals surface area contributed by atoms with E-state index in [0.717, 1.165) is 9.18 Å². The number of amides is 1. The topological polar surface area (TPSA) is 97.3 Å². The molecule has 31 heavy (non-hydrogen) atoms. The van der Waals surface area contributed by atoms with Crippen LogP contribution in [-0.2, 0) is 14.8 Å². The Morgan fingerprint density at radius 1 is 1.10 bits per heavy atom. The molecule has 0 atom stereocenters. The number of nitrogens with zero attached hydrogens (tertiary/aromatic N) is 2. The Kier molecular flexibility index (Phi) is 7.27. The Morgan fingerprint density at radius 3 is 2.52 bits per heavy atom. The molecule has 2 aromatic carbocycles. The molecule has 3 aromatic rings. The second-order valence-corrected chi connectivity index (χ2v) is 9.01. The normalized spacial score (nSPS) is 11.3. The summed E-state index contributed by atoms with van der Waals surface area (Å²) >= 11 is 1.46. The van der Waals surface area contributed by atoms with Gasteiger partial charge >= 0.3 is 0 Å². The Balaban J connectivity index is 1.96. The van der Waals surface area contributed by atoms with E-state index >= 15 is 0 Å². The van der Waals surface area contributed by atoms with Crippen molar-refractivity contribution in [1.29, 1.82) is 0 Å². The zero-order valence-corrected chi connectivity index (χ0v) is 18.5. The standard InChI is InChI=1S/C21H21N3O5S2/c1-28-16-10-11-20(29-2)19(13-16)24(31(26,27)18-8-4-3-5-9-18)15-21(25)23-22-14-17-7-6-12-30-17/h3-14H,15H2,1-2H3,(H,23,25)/b22-14-. The van der Waals surface area contributed by atoms with Gasteiger partial charge in [-0.2, -0.15) is 5.10 Å². The number of thiophene rings is 1. The maximum atomic E-state index is 13.4. The van der Waals surface area contributed by atoms with Crippen LogP contribution in [0.4, 0.5) is 5.69 Å². The van der Waals surface area contributed by atoms with Gasteiger partial charge in [0.15, 0.2) is 0 Å². The molecular formula is C21H21N3O5S2. The molecule has 0 aliphatic rings. The molecule has 162 valence electrons. The minimum atomic E-state index is -4.09. The highest BCUT2D eigenvalue weighted by molar-refractivity contribution is 7.92. The summed E-state index contributed by atoms with van der Waals surface area (Å²) in [4.78, 5) is 13.5. The number of nitrogens with one attached hydrogen (secondary N) is 1. The van der Waals surface area contributed by atoms with Crippen molar-refractivity contribution in [2.75, 3.05) is 25.1 Å². The first kappa shape index (κ1) is 22.3. The van der Waals surface area contributed by atoms with Crippen molar-refractivity contribution in [3.63, 3.8) is 0 Å². The van der Waals surface area contributed by atoms with Gasteiger partial charge in [-0.15, -0.1) is 11.3 Å². The Hall–Kier alpha value is -3.37. The first-order valence-electron chi connectivity index (χ1n) is 9.11. The lowest BCUT2D eigenvalue weighted by atomic mass is 10.2. The van der Waals surface area contributed by atoms with Crippen molar-refractivity contribution in [3.05, 3.63) is 70.9 Å². The van der Waals surface area contributed by atoms with Gasteiger partial charge in [0, 0.05) is 10.9 Å². The van der Waals surface area contributed by atoms with E-state index in [9.17, 15) is 13.2 Å². The van der Waals surface area contributed by atoms with Gasteiger partial charge in [-0.1, -0.05) is 24.3 Å². The Labute approximate surface area is 184 Å². The van der Waals surface area contributed by atoms with Crippen LogP contribution in [0.1, 0.15) is 4.88 Å². The van der Waals surface area contributed by atoms with E-state index in [1.54, 1.807) is 30.3 Å². The molecule has 0 saturated heterocycles. The second kappa shape index (κ2) is 10.1. The van der Waals surface area contributed by atoms with Crippen LogP contribution in [0.15, 0.2) is 76.0 Å². The van der Waals surface area contributed by atoms with E-state index in [4.69, 9.17) is 9.47 Å². The van der Waals surface area contributed by atoms with Crippen LogP contribution in [0.2, 0.25) is 0 Å². The number of sulfonamides is 1. The van der Waals surface area contributed by atoms with E-state index in [-0.39, 0.29) is 16.3 Å². The maximum absolute atomic E-state index is 13.4. The number of methoxy groups -OCH3 is 2. The molecule has 0 spiro atoms. The summed E-state index contributed by atoms with van der Waals surface area (Å²) in [5, 5.41) is 5.78. The number of hydrazone groups is 1. The van der Waals surface area contributed by atoms with E-state index in [0.29, 0.717) is 5.75 Å². The lowest BCUT2D eigenvalue weighted by Gasteiger charge is -2.25. The fourth-order valence-corrected chi connectivity index (χ4v) is 4.74. The SMILES string of the molecule is COc1ccc(OC)c(N(CC(=O)N/N=C\c2cccs2)S(=O)(=O)c2ccccc2)c1. The Bertz CT molecular complexity index is 1150. The van der Waals surface area contributed by atoms with Crippen LogP contribution in [0.3, 0.4) is 0 Å². The van der Waals surface area contributed by atoms with Gasteiger partial charge in [0.1, 0.15) is 18.0 Å². The van der Waals surface area contributed by atoms with Gasteiger partial charge in [0.05, 0.1) is 31.0 Å². The number of hydrogen-bond acceptors (Lipinski definition) is 7. The van der Waals surface area contributed by atoms with Crippen LogP contribution in [0, 0.1) is 0 Å². The summed E-state index contributed by atoms with van der Waals surface area (Å²) in [5.74, 6) is 0.0764. The highest BCUT2D eigenvalue weighted by Crippen LogP contribution is 2.35. The fourth-order valence-electron chi connectivity index (χ4n) is 2.71. The van der Waals surface area contributed by atoms with Gasteiger partial charge in [0.2, 0.25) is 0 Å². The average molecular weight is 460 g/mol. The van der Waals surface area contributed by atoms with Crippen molar-refractivity contribution < 1.29 is 22.7 Å². The van der Waals surface area contributed by atoms with Crippen molar-refractivity contribution in [3.8, 4) is 11.5 Å². The zero-order valence-electron chi connectivity index (χ0n) is 16.9. The molecule has 1 aromatic heterocycles. The molecule has 0 aliphatic carbocycles. The number of rotatable bonds is 9. The third-order valence-electron chi connectivity index (χ3n) is 4.20. The highest BCUT2D eigenvalue weighted by atomic mass is 32.2. The first-order valence-corrected chi connectivity index (χ1v) is 11.4. The number of benzene rings is 2. The molecule has 1 N–H and O–H groups in total. The van der Waals surface area contributed by atoms with Gasteiger partial charge in [-0.25, -0.2) is 13.8 Å². The van der Waals surface area contributed by atoms with Crippen LogP contribution in [0.5, 0.6) is 11.5 Å². The molecule has 0 bridgehead atoms. The third-order valence-corrected chi connectivity index (χ3v) is 6.78. The van der Waals surface area contributed by atoms with Gasteiger partial charge in [-0.3, -0.25) is 9.10 Å². The molecule has 1 amide bonds. The summed E-state index contributed by atoms with van der Waals surface area (Å²) < 4.78 is 38.4. The van der Waals surface area contributed by atoms with Crippen molar-refractivity contribution in [2.45, 2.75) is 4.90 Å². The van der Waals surface area contributed by atoms with Gasteiger partial charge in [0.25, 0.3) is 15.9 Å². The van der Waals surface area contributed by atoms with Crippen molar-refractivity contribution >= 4 is 39.2 Å². The lowest BCUT2D eigenvalue weighted by Crippen LogP contribution is -2.39. The highest BCUT2D eigenvalue weighted by Gasteiger charge is 2.29. The summed E-state index contributed by atoms with van der Waals surface area (Å²) in [7, 11) is -1.20. The molecule has 0 unspecified atom stereocenters. The maximum Gasteiger partial charge on any atom is 0.264 e. The quantitative estimate of drug-likeness (QED) is 0.392. The molecule has 1 heterocycles. The molecular weight excluding hydrogens is 438 g/mol. The van der Waals surface area contributed by atoms with E-state index in [1.807, 2.05) is 17.5 Å². The first-order chi connectivity index (χ1) is 15.0. The molecule has 0 aliphatic heterocycles. The molecule has 10 heteroatoms. The Morgan fingerprint density at radius 2 is 1.87 bits per heavy atom. The fraction of sp³-hybridized carbons (Fsp3) is 0.143. The smallest absolute Gasteiger partial charge is 0.264 e. The average Bonchev–Trinajstić information content (AvgIpc) is 3.31. The van der Waals surface area contributed by atoms with Gasteiger partial charge in [-0.05, 0) is 35.7 Å². The summed E-state index contributed by atoms with van der Waals surface area (Å²) in [6.45, 7) is -0.511. The van der Waals surface area contributed by atoms with E-state index in [2.05, 4.69) is 10.5 Å². The van der Waals surface area contributed by atoms with Crippen molar-refractivity contribution in [1.82, 2.24) is 5.43 Å². The number of hydrogen-bond donors (Lipinski definition) is 1. The third kappa shape index (κ3) is 5.41. The summed E-state index contributed by atoms with van der Waals surface area (Å²) in [6.07, 6.45) is 1.49. The number of carbonyl (C=O) groups is 1. The summed E-state index contributed by atoms with van der Waals surface area (Å²) in [6, 6.07) is 16.3. The predicted molar refractivity (Wildman–Crippen MR) is 121 cm³/mol. The predicted octanol–water partition coefficient (Wildman–Crippen LogP) is 3.11. The molecule has 0 saturated carbocycles. The van der Waals surface area contributed by atoms with Crippen molar-refractivity contribution in [2.24, 2.45) is 5.10 Å². The molecule has 0 radical (unpaired) electrons. The largest absolute Gasteiger partial charge is 0.497 e. The number of ether oxygens (including phenoxy) is 2. The number of anilines is 1. The van der Waals surface area contributed by atoms with E-state index in [1.165, 1.54) is 50.0 Å². The second-order valence-electron chi connectivity index (χ2n) is 6.17. The van der Waals surface area contributed by atoms with Crippen LogP contribution >= 0.6 is 11.3 Å². The lowest BCUT2D eigenvalue weighted by molar-refractivity contribution is -0.119. The molecule has 3 rings (SSSR count). The summed E-state index contributed by atoms with van der Waals surface area (Å²) in [5.41, 5.74) is 2.54. The monoisotopic (exact) mass is 459 g/mol. The van der Waals surface area contributed by atoms with Gasteiger partial charge < -0.3 is 9.47 Å². The minimum Gasteiger partial charge on any atom is -0.497 e. The van der Waals surface area contributed by atoms with E-state index < -0.39 is 22.5 Å². The van der Waals surface area contributed by atoms with Crippen LogP contribution < -0.4 is 19.2 Å².